The number of nitrogen functional groups attached to an aromatic ring is 1. The predicted molar refractivity (Wildman–Crippen MR) is 75.1 cm³/mol. The number of amides is 1. The molecular weight excluding hydrogens is 282 g/mol. The molecule has 0 unspecified atom stereocenters. The van der Waals surface area contributed by atoms with E-state index in [4.69, 9.17) is 5.84 Å². The lowest BCUT2D eigenvalue weighted by Gasteiger charge is -2.10. The Morgan fingerprint density at radius 1 is 1.45 bits per heavy atom. The molecule has 0 spiro atoms. The van der Waals surface area contributed by atoms with Gasteiger partial charge in [0.25, 0.3) is 10.0 Å². The van der Waals surface area contributed by atoms with E-state index < -0.39 is 10.0 Å². The molecule has 0 aliphatic rings. The van der Waals surface area contributed by atoms with Crippen LogP contribution in [0, 0.1) is 0 Å². The van der Waals surface area contributed by atoms with E-state index >= 15 is 0 Å². The van der Waals surface area contributed by atoms with Crippen molar-refractivity contribution in [1.29, 1.82) is 0 Å². The van der Waals surface area contributed by atoms with E-state index in [1.54, 1.807) is 6.07 Å². The van der Waals surface area contributed by atoms with Crippen LogP contribution in [-0.4, -0.2) is 31.9 Å². The number of anilines is 1. The first-order chi connectivity index (χ1) is 9.36. The molecule has 0 aliphatic heterocycles. The zero-order chi connectivity index (χ0) is 15.2. The van der Waals surface area contributed by atoms with Crippen LogP contribution in [0.3, 0.4) is 0 Å². The average molecular weight is 301 g/mol. The third-order valence-electron chi connectivity index (χ3n) is 2.28. The SMILES string of the molecule is CC(C)NC(=O)CCNS(=O)(=O)c1ncccc1NN. The summed E-state index contributed by atoms with van der Waals surface area (Å²) in [5, 5.41) is 2.47. The minimum Gasteiger partial charge on any atom is -0.354 e. The zero-order valence-corrected chi connectivity index (χ0v) is 12.2. The van der Waals surface area contributed by atoms with Crippen LogP contribution in [0.2, 0.25) is 0 Å². The Morgan fingerprint density at radius 3 is 2.75 bits per heavy atom. The monoisotopic (exact) mass is 301 g/mol. The summed E-state index contributed by atoms with van der Waals surface area (Å²) < 4.78 is 26.3. The van der Waals surface area contributed by atoms with Crippen molar-refractivity contribution in [3.8, 4) is 0 Å². The maximum absolute atomic E-state index is 12.0. The van der Waals surface area contributed by atoms with Gasteiger partial charge in [0.2, 0.25) is 5.91 Å². The normalized spacial score (nSPS) is 11.4. The second-order valence-electron chi connectivity index (χ2n) is 4.37. The molecule has 0 bridgehead atoms. The van der Waals surface area contributed by atoms with E-state index in [2.05, 4.69) is 20.4 Å². The average Bonchev–Trinajstić information content (AvgIpc) is 2.37. The molecule has 0 aromatic carbocycles. The fraction of sp³-hybridized carbons (Fsp3) is 0.455. The first kappa shape index (κ1) is 16.3. The third kappa shape index (κ3) is 4.76. The first-order valence-electron chi connectivity index (χ1n) is 6.07. The van der Waals surface area contributed by atoms with Gasteiger partial charge in [-0.15, -0.1) is 0 Å². The van der Waals surface area contributed by atoms with Crippen molar-refractivity contribution in [3.63, 3.8) is 0 Å². The molecular formula is C11H19N5O3S. The highest BCUT2D eigenvalue weighted by Crippen LogP contribution is 2.15. The maximum atomic E-state index is 12.0. The number of nitrogens with zero attached hydrogens (tertiary/aromatic N) is 1. The topological polar surface area (TPSA) is 126 Å². The summed E-state index contributed by atoms with van der Waals surface area (Å²) >= 11 is 0. The van der Waals surface area contributed by atoms with Crippen LogP contribution in [0.25, 0.3) is 0 Å². The van der Waals surface area contributed by atoms with Crippen molar-refractivity contribution >= 4 is 21.6 Å². The van der Waals surface area contributed by atoms with Crippen molar-refractivity contribution in [1.82, 2.24) is 15.0 Å². The minimum absolute atomic E-state index is 0.0124. The highest BCUT2D eigenvalue weighted by atomic mass is 32.2. The number of nitrogens with one attached hydrogen (secondary N) is 3. The predicted octanol–water partition coefficient (Wildman–Crippen LogP) is -0.440. The lowest BCUT2D eigenvalue weighted by Crippen LogP contribution is -2.34. The van der Waals surface area contributed by atoms with Crippen LogP contribution >= 0.6 is 0 Å². The number of hydrazine groups is 1. The molecule has 1 aromatic rings. The van der Waals surface area contributed by atoms with Crippen LogP contribution in [0.15, 0.2) is 23.4 Å². The summed E-state index contributed by atoms with van der Waals surface area (Å²) in [6.07, 6.45) is 1.40. The van der Waals surface area contributed by atoms with Gasteiger partial charge in [-0.2, -0.15) is 0 Å². The maximum Gasteiger partial charge on any atom is 0.260 e. The van der Waals surface area contributed by atoms with E-state index in [0.717, 1.165) is 0 Å². The molecule has 0 radical (unpaired) electrons. The number of aromatic nitrogens is 1. The van der Waals surface area contributed by atoms with E-state index in [9.17, 15) is 13.2 Å². The summed E-state index contributed by atoms with van der Waals surface area (Å²) in [6.45, 7) is 3.64. The van der Waals surface area contributed by atoms with E-state index in [0.29, 0.717) is 0 Å². The Labute approximate surface area is 118 Å². The van der Waals surface area contributed by atoms with Gasteiger partial charge in [-0.3, -0.25) is 10.6 Å². The largest absolute Gasteiger partial charge is 0.354 e. The van der Waals surface area contributed by atoms with Gasteiger partial charge in [0.05, 0.1) is 5.69 Å². The van der Waals surface area contributed by atoms with Gasteiger partial charge < -0.3 is 10.7 Å². The Balaban J connectivity index is 2.65. The highest BCUT2D eigenvalue weighted by molar-refractivity contribution is 7.89. The van der Waals surface area contributed by atoms with Crippen molar-refractivity contribution in [2.24, 2.45) is 5.84 Å². The Bertz CT molecular complexity index is 559. The zero-order valence-electron chi connectivity index (χ0n) is 11.4. The van der Waals surface area contributed by atoms with E-state index in [-0.39, 0.29) is 35.6 Å². The molecule has 0 atom stereocenters. The third-order valence-corrected chi connectivity index (χ3v) is 3.69. The van der Waals surface area contributed by atoms with Gasteiger partial charge in [-0.05, 0) is 26.0 Å². The van der Waals surface area contributed by atoms with Crippen LogP contribution in [-0.2, 0) is 14.8 Å². The number of hydrogen-bond acceptors (Lipinski definition) is 6. The second-order valence-corrected chi connectivity index (χ2v) is 6.05. The molecule has 20 heavy (non-hydrogen) atoms. The van der Waals surface area contributed by atoms with Gasteiger partial charge in [0.1, 0.15) is 0 Å². The van der Waals surface area contributed by atoms with Crippen molar-refractivity contribution < 1.29 is 13.2 Å². The highest BCUT2D eigenvalue weighted by Gasteiger charge is 2.19. The second kappa shape index (κ2) is 7.17. The molecule has 1 aromatic heterocycles. The molecule has 0 aliphatic carbocycles. The fourth-order valence-corrected chi connectivity index (χ4v) is 2.60. The Kier molecular flexibility index (Phi) is 5.86. The van der Waals surface area contributed by atoms with Gasteiger partial charge in [-0.1, -0.05) is 0 Å². The van der Waals surface area contributed by atoms with Crippen LogP contribution < -0.4 is 21.3 Å². The van der Waals surface area contributed by atoms with Gasteiger partial charge in [0.15, 0.2) is 5.03 Å². The lowest BCUT2D eigenvalue weighted by molar-refractivity contribution is -0.121. The number of hydrogen-bond donors (Lipinski definition) is 4. The van der Waals surface area contributed by atoms with Crippen molar-refractivity contribution in [3.05, 3.63) is 18.3 Å². The number of nitrogens with two attached hydrogens (primary N) is 1. The molecule has 0 saturated carbocycles. The van der Waals surface area contributed by atoms with Crippen LogP contribution in [0.1, 0.15) is 20.3 Å². The number of sulfonamides is 1. The summed E-state index contributed by atoms with van der Waals surface area (Å²) in [5.74, 6) is 5.01. The van der Waals surface area contributed by atoms with Crippen molar-refractivity contribution in [2.75, 3.05) is 12.0 Å². The molecule has 0 saturated heterocycles. The number of carbonyl (C=O) groups is 1. The fourth-order valence-electron chi connectivity index (χ4n) is 1.48. The summed E-state index contributed by atoms with van der Waals surface area (Å²) in [7, 11) is -3.81. The van der Waals surface area contributed by atoms with Crippen LogP contribution in [0.4, 0.5) is 5.69 Å². The van der Waals surface area contributed by atoms with E-state index in [1.165, 1.54) is 12.3 Å². The molecule has 1 heterocycles. The molecule has 5 N–H and O–H groups in total. The quantitative estimate of drug-likeness (QED) is 0.399. The standard InChI is InChI=1S/C11H19N5O3S/c1-8(2)15-10(17)5-7-14-20(18,19)11-9(16-12)4-3-6-13-11/h3-4,6,8,14,16H,5,7,12H2,1-2H3,(H,15,17). The number of rotatable bonds is 7. The molecule has 8 nitrogen and oxygen atoms in total. The Hall–Kier alpha value is -1.71. The first-order valence-corrected chi connectivity index (χ1v) is 7.56. The number of carbonyl (C=O) groups excluding carboxylic acids is 1. The van der Waals surface area contributed by atoms with Gasteiger partial charge >= 0.3 is 0 Å². The van der Waals surface area contributed by atoms with Crippen LogP contribution in [0.5, 0.6) is 0 Å². The summed E-state index contributed by atoms with van der Waals surface area (Å²) in [5.41, 5.74) is 2.45. The van der Waals surface area contributed by atoms with Gasteiger partial charge in [-0.25, -0.2) is 18.1 Å². The smallest absolute Gasteiger partial charge is 0.260 e. The number of pyridine rings is 1. The lowest BCUT2D eigenvalue weighted by atomic mass is 10.3. The Morgan fingerprint density at radius 2 is 2.15 bits per heavy atom. The summed E-state index contributed by atoms with van der Waals surface area (Å²) in [6, 6.07) is 3.07. The molecule has 1 rings (SSSR count). The molecule has 112 valence electrons. The minimum atomic E-state index is -3.81. The van der Waals surface area contributed by atoms with Gasteiger partial charge in [0, 0.05) is 25.2 Å². The molecule has 1 amide bonds. The van der Waals surface area contributed by atoms with E-state index in [1.807, 2.05) is 13.8 Å². The van der Waals surface area contributed by atoms with Crippen molar-refractivity contribution in [2.45, 2.75) is 31.3 Å². The summed E-state index contributed by atoms with van der Waals surface area (Å²) in [4.78, 5) is 15.2. The molecule has 0 fully saturated rings. The molecule has 9 heteroatoms.